The van der Waals surface area contributed by atoms with Crippen molar-refractivity contribution in [2.45, 2.75) is 17.1 Å². The normalized spacial score (nSPS) is 12.9. The monoisotopic (exact) mass is 496 g/mol. The quantitative estimate of drug-likeness (QED) is 0.187. The molecule has 0 radical (unpaired) electrons. The minimum absolute atomic E-state index is 0.123. The molecule has 2 amide bonds. The lowest BCUT2D eigenvalue weighted by Gasteiger charge is -2.25. The highest BCUT2D eigenvalue weighted by molar-refractivity contribution is 9.10. The Morgan fingerprint density at radius 1 is 1.20 bits per heavy atom. The molecule has 2 aromatic carbocycles. The summed E-state index contributed by atoms with van der Waals surface area (Å²) in [7, 11) is 1.36. The zero-order chi connectivity index (χ0) is 22.1. The molecule has 0 fully saturated rings. The zero-order valence-corrected chi connectivity index (χ0v) is 18.6. The summed E-state index contributed by atoms with van der Waals surface area (Å²) in [5.41, 5.74) is 2.26. The van der Waals surface area contributed by atoms with E-state index in [2.05, 4.69) is 21.2 Å². The number of hydrogen-bond acceptors (Lipinski definition) is 7. The molecule has 0 aliphatic carbocycles. The van der Waals surface area contributed by atoms with Gasteiger partial charge in [0.25, 0.3) is 5.91 Å². The average molecular weight is 497 g/mol. The maximum absolute atomic E-state index is 12.5. The van der Waals surface area contributed by atoms with Gasteiger partial charge in [0, 0.05) is 33.8 Å². The minimum atomic E-state index is -1.10. The fourth-order valence-corrected chi connectivity index (χ4v) is 3.31. The molecule has 0 aliphatic heterocycles. The first-order valence-corrected chi connectivity index (χ1v) is 10.6. The molecule has 0 bridgehead atoms. The van der Waals surface area contributed by atoms with Crippen LogP contribution in [0.1, 0.15) is 11.7 Å². The number of hydrogen-bond donors (Lipinski definition) is 4. The lowest BCUT2D eigenvalue weighted by atomic mass is 10.0. The maximum Gasteiger partial charge on any atom is 0.412 e. The van der Waals surface area contributed by atoms with Crippen LogP contribution in [0.25, 0.3) is 0 Å². The summed E-state index contributed by atoms with van der Waals surface area (Å²) in [6.07, 6.45) is 1.46. The Labute approximate surface area is 186 Å². The molecule has 160 valence electrons. The van der Waals surface area contributed by atoms with E-state index in [1.54, 1.807) is 36.0 Å². The number of amides is 2. The number of phenols is 1. The van der Waals surface area contributed by atoms with Crippen LogP contribution in [-0.4, -0.2) is 41.8 Å². The highest BCUT2D eigenvalue weighted by Crippen LogP contribution is 2.34. The first kappa shape index (κ1) is 23.7. The molecule has 0 aromatic heterocycles. The van der Waals surface area contributed by atoms with Crippen molar-refractivity contribution in [2.24, 2.45) is 0 Å². The zero-order valence-electron chi connectivity index (χ0n) is 16.2. The fraction of sp³-hybridized carbons (Fsp3) is 0.200. The predicted octanol–water partition coefficient (Wildman–Crippen LogP) is 4.24. The van der Waals surface area contributed by atoms with Crippen LogP contribution in [0.15, 0.2) is 64.0 Å². The number of aromatic hydroxyl groups is 1. The van der Waals surface area contributed by atoms with E-state index in [1.807, 2.05) is 18.4 Å². The van der Waals surface area contributed by atoms with Gasteiger partial charge in [-0.05, 0) is 54.8 Å². The second-order valence-corrected chi connectivity index (χ2v) is 7.71. The second-order valence-electron chi connectivity index (χ2n) is 5.92. The van der Waals surface area contributed by atoms with Crippen molar-refractivity contribution in [3.05, 3.63) is 64.7 Å². The van der Waals surface area contributed by atoms with Crippen molar-refractivity contribution >= 4 is 45.4 Å². The molecule has 0 saturated carbocycles. The van der Waals surface area contributed by atoms with Crippen LogP contribution >= 0.6 is 27.7 Å². The van der Waals surface area contributed by atoms with Crippen LogP contribution in [0.2, 0.25) is 0 Å². The van der Waals surface area contributed by atoms with E-state index in [1.165, 1.54) is 24.7 Å². The minimum Gasteiger partial charge on any atom is -0.508 e. The first-order chi connectivity index (χ1) is 14.4. The van der Waals surface area contributed by atoms with Gasteiger partial charge in [0.15, 0.2) is 6.10 Å². The van der Waals surface area contributed by atoms with Crippen LogP contribution in [0.4, 0.5) is 10.5 Å². The Hall–Kier alpha value is -2.53. The molecule has 2 rings (SSSR count). The van der Waals surface area contributed by atoms with Gasteiger partial charge in [0.05, 0.1) is 0 Å². The third-order valence-corrected chi connectivity index (χ3v) is 5.22. The van der Waals surface area contributed by atoms with Crippen molar-refractivity contribution in [2.75, 3.05) is 18.7 Å². The van der Waals surface area contributed by atoms with Gasteiger partial charge in [0.2, 0.25) is 0 Å². The summed E-state index contributed by atoms with van der Waals surface area (Å²) in [4.78, 5) is 24.9. The summed E-state index contributed by atoms with van der Waals surface area (Å²) in [5.74, 6) is -0.907. The second kappa shape index (κ2) is 11.6. The van der Waals surface area contributed by atoms with Gasteiger partial charge in [-0.25, -0.2) is 10.3 Å². The van der Waals surface area contributed by atoms with Gasteiger partial charge >= 0.3 is 6.09 Å². The Balaban J connectivity index is 2.29. The number of hydroxylamine groups is 1. The number of carbonyl (C=O) groups excluding carboxylic acids is 2. The summed E-state index contributed by atoms with van der Waals surface area (Å²) in [5, 5.41) is 21.6. The van der Waals surface area contributed by atoms with Gasteiger partial charge < -0.3 is 14.6 Å². The average Bonchev–Trinajstić information content (AvgIpc) is 2.75. The van der Waals surface area contributed by atoms with Crippen molar-refractivity contribution in [1.29, 1.82) is 0 Å². The Morgan fingerprint density at radius 2 is 1.90 bits per heavy atom. The highest BCUT2D eigenvalue weighted by Gasteiger charge is 2.28. The summed E-state index contributed by atoms with van der Waals surface area (Å²) in [6, 6.07) is 11.8. The van der Waals surface area contributed by atoms with Crippen molar-refractivity contribution < 1.29 is 29.4 Å². The van der Waals surface area contributed by atoms with E-state index in [4.69, 9.17) is 14.7 Å². The number of halogens is 1. The van der Waals surface area contributed by atoms with E-state index < -0.39 is 24.2 Å². The number of rotatable bonds is 8. The smallest absolute Gasteiger partial charge is 0.412 e. The summed E-state index contributed by atoms with van der Waals surface area (Å²) < 4.78 is 11.5. The van der Waals surface area contributed by atoms with Gasteiger partial charge in [-0.2, -0.15) is 0 Å². The van der Waals surface area contributed by atoms with Crippen LogP contribution < -0.4 is 10.8 Å². The maximum atomic E-state index is 12.5. The van der Waals surface area contributed by atoms with Gasteiger partial charge in [0.1, 0.15) is 11.9 Å². The van der Waals surface area contributed by atoms with Crippen molar-refractivity contribution in [1.82, 2.24) is 5.48 Å². The number of anilines is 1. The van der Waals surface area contributed by atoms with Crippen molar-refractivity contribution in [3.63, 3.8) is 0 Å². The topological polar surface area (TPSA) is 117 Å². The molecule has 0 aliphatic rings. The van der Waals surface area contributed by atoms with Crippen LogP contribution in [0, 0.1) is 0 Å². The molecular weight excluding hydrogens is 476 g/mol. The van der Waals surface area contributed by atoms with E-state index >= 15 is 0 Å². The molecule has 10 heteroatoms. The summed E-state index contributed by atoms with van der Waals surface area (Å²) >= 11 is 4.89. The molecular formula is C20H21BrN2O6S. The van der Waals surface area contributed by atoms with Gasteiger partial charge in [-0.3, -0.25) is 15.3 Å². The van der Waals surface area contributed by atoms with Crippen molar-refractivity contribution in [3.8, 4) is 5.75 Å². The van der Waals surface area contributed by atoms with E-state index in [-0.39, 0.29) is 11.3 Å². The lowest BCUT2D eigenvalue weighted by molar-refractivity contribution is -0.124. The molecule has 0 spiro atoms. The van der Waals surface area contributed by atoms with Crippen LogP contribution in [0.5, 0.6) is 5.75 Å². The largest absolute Gasteiger partial charge is 0.508 e. The van der Waals surface area contributed by atoms with E-state index in [0.717, 1.165) is 11.0 Å². The van der Waals surface area contributed by atoms with Gasteiger partial charge in [-0.15, -0.1) is 11.8 Å². The number of phenolic OH excluding ortho intramolecular Hbond substituents is 1. The molecule has 4 N–H and O–H groups in total. The molecule has 8 nitrogen and oxygen atoms in total. The SMILES string of the molecule is CO[C@H](/C=C/C(=O)NO)[C@H](OC(=O)Nc1ccc(SC)cc1)c1cc(Br)ccc1O. The first-order valence-electron chi connectivity index (χ1n) is 8.63. The molecule has 2 aromatic rings. The Morgan fingerprint density at radius 3 is 2.50 bits per heavy atom. The van der Waals surface area contributed by atoms with Crippen LogP contribution in [-0.2, 0) is 14.3 Å². The third-order valence-electron chi connectivity index (χ3n) is 3.98. The number of benzene rings is 2. The van der Waals surface area contributed by atoms with E-state index in [0.29, 0.717) is 10.2 Å². The molecule has 0 unspecified atom stereocenters. The number of methoxy groups -OCH3 is 1. The number of thioether (sulfide) groups is 1. The fourth-order valence-electron chi connectivity index (χ4n) is 2.52. The molecule has 2 atom stereocenters. The number of ether oxygens (including phenoxy) is 2. The molecule has 0 saturated heterocycles. The third kappa shape index (κ3) is 6.77. The lowest BCUT2D eigenvalue weighted by Crippen LogP contribution is -2.27. The molecule has 30 heavy (non-hydrogen) atoms. The number of nitrogens with one attached hydrogen (secondary N) is 2. The molecule has 0 heterocycles. The van der Waals surface area contributed by atoms with Crippen LogP contribution in [0.3, 0.4) is 0 Å². The highest BCUT2D eigenvalue weighted by atomic mass is 79.9. The Kier molecular flexibility index (Phi) is 9.18. The van der Waals surface area contributed by atoms with E-state index in [9.17, 15) is 14.7 Å². The van der Waals surface area contributed by atoms with Gasteiger partial charge in [-0.1, -0.05) is 15.9 Å². The standard InChI is InChI=1S/C20H21BrN2O6S/c1-28-17(9-10-18(25)23-27)19(15-11-12(21)3-8-16(15)24)29-20(26)22-13-4-6-14(30-2)7-5-13/h3-11,17,19,24,27H,1-2H3,(H,22,26)(H,23,25)/b10-9+/t17-,19-/m1/s1. The Bertz CT molecular complexity index is 907. The number of carbonyl (C=O) groups is 2. The summed E-state index contributed by atoms with van der Waals surface area (Å²) in [6.45, 7) is 0. The predicted molar refractivity (Wildman–Crippen MR) is 117 cm³/mol.